The smallest absolute Gasteiger partial charge is 0.0490 e. The van der Waals surface area contributed by atoms with Gasteiger partial charge in [-0.05, 0) is 38.8 Å². The van der Waals surface area contributed by atoms with Gasteiger partial charge < -0.3 is 10.6 Å². The lowest BCUT2D eigenvalue weighted by atomic mass is 9.71. The number of hydrogen-bond acceptors (Lipinski definition) is 4. The Morgan fingerprint density at radius 1 is 1.22 bits per heavy atom. The first-order chi connectivity index (χ1) is 8.67. The van der Waals surface area contributed by atoms with E-state index in [1.54, 1.807) is 0 Å². The monoisotopic (exact) mass is 269 g/mol. The van der Waals surface area contributed by atoms with Crippen LogP contribution in [0.4, 0.5) is 0 Å². The molecule has 0 amide bonds. The van der Waals surface area contributed by atoms with E-state index in [9.17, 15) is 0 Å². The molecule has 3 nitrogen and oxygen atoms in total. The molecule has 4 fully saturated rings. The molecule has 0 radical (unpaired) electrons. The number of nitrogens with zero attached hydrogens (tertiary/aromatic N) is 2. The Bertz CT molecular complexity index is 303. The molecule has 104 valence electrons. The summed E-state index contributed by atoms with van der Waals surface area (Å²) in [6.45, 7) is 10.7. The molecule has 0 saturated carbocycles. The van der Waals surface area contributed by atoms with E-state index in [4.69, 9.17) is 5.73 Å². The van der Waals surface area contributed by atoms with Crippen molar-refractivity contribution in [1.82, 2.24) is 9.80 Å². The Morgan fingerprint density at radius 2 is 1.94 bits per heavy atom. The zero-order valence-corrected chi connectivity index (χ0v) is 12.6. The highest BCUT2D eigenvalue weighted by Crippen LogP contribution is 2.42. The zero-order chi connectivity index (χ0) is 12.8. The van der Waals surface area contributed by atoms with Gasteiger partial charge in [0.1, 0.15) is 0 Å². The van der Waals surface area contributed by atoms with E-state index >= 15 is 0 Å². The Morgan fingerprint density at radius 3 is 2.50 bits per heavy atom. The molecule has 0 spiro atoms. The van der Waals surface area contributed by atoms with E-state index in [0.29, 0.717) is 6.04 Å². The van der Waals surface area contributed by atoms with Crippen LogP contribution in [0.5, 0.6) is 0 Å². The quantitative estimate of drug-likeness (QED) is 0.817. The summed E-state index contributed by atoms with van der Waals surface area (Å²) in [5, 5.41) is 0.748. The van der Waals surface area contributed by atoms with Crippen molar-refractivity contribution in [2.24, 2.45) is 11.7 Å². The Labute approximate surface area is 115 Å². The van der Waals surface area contributed by atoms with E-state index in [-0.39, 0.29) is 5.54 Å². The van der Waals surface area contributed by atoms with Gasteiger partial charge in [-0.15, -0.1) is 0 Å². The summed E-state index contributed by atoms with van der Waals surface area (Å²) in [5.41, 5.74) is 6.57. The van der Waals surface area contributed by atoms with Gasteiger partial charge in [0.2, 0.25) is 0 Å². The molecule has 0 aliphatic carbocycles. The van der Waals surface area contributed by atoms with Crippen LogP contribution in [0, 0.1) is 5.92 Å². The third-order valence-electron chi connectivity index (χ3n) is 5.65. The van der Waals surface area contributed by atoms with Crippen LogP contribution in [0.3, 0.4) is 0 Å². The van der Waals surface area contributed by atoms with Crippen molar-refractivity contribution in [1.29, 1.82) is 0 Å². The second-order valence-electron chi connectivity index (χ2n) is 6.37. The van der Waals surface area contributed by atoms with Crippen LogP contribution in [0.15, 0.2) is 0 Å². The molecule has 4 heterocycles. The number of rotatable bonds is 2. The van der Waals surface area contributed by atoms with Gasteiger partial charge in [0.05, 0.1) is 0 Å². The van der Waals surface area contributed by atoms with E-state index in [2.05, 4.69) is 35.4 Å². The van der Waals surface area contributed by atoms with E-state index in [0.717, 1.165) is 17.7 Å². The highest BCUT2D eigenvalue weighted by Gasteiger charge is 2.51. The highest BCUT2D eigenvalue weighted by molar-refractivity contribution is 8.00. The van der Waals surface area contributed by atoms with Crippen molar-refractivity contribution in [2.45, 2.75) is 43.5 Å². The fourth-order valence-electron chi connectivity index (χ4n) is 4.38. The van der Waals surface area contributed by atoms with Crippen LogP contribution < -0.4 is 5.73 Å². The molecule has 0 aromatic heterocycles. The number of piperidine rings is 3. The molecule has 4 saturated heterocycles. The van der Waals surface area contributed by atoms with Gasteiger partial charge in [0.25, 0.3) is 0 Å². The van der Waals surface area contributed by atoms with Gasteiger partial charge in [0.15, 0.2) is 0 Å². The molecule has 4 rings (SSSR count). The third kappa shape index (κ3) is 1.92. The average Bonchev–Trinajstić information content (AvgIpc) is 2.43. The first kappa shape index (κ1) is 13.2. The van der Waals surface area contributed by atoms with Crippen LogP contribution >= 0.6 is 11.8 Å². The molecule has 0 aromatic carbocycles. The van der Waals surface area contributed by atoms with Gasteiger partial charge >= 0.3 is 0 Å². The zero-order valence-electron chi connectivity index (χ0n) is 11.8. The lowest BCUT2D eigenvalue weighted by Gasteiger charge is -2.60. The molecule has 3 atom stereocenters. The van der Waals surface area contributed by atoms with Crippen molar-refractivity contribution >= 4 is 11.8 Å². The second-order valence-corrected chi connectivity index (χ2v) is 7.85. The normalized spacial score (nSPS) is 49.5. The summed E-state index contributed by atoms with van der Waals surface area (Å²) < 4.78 is 0. The SMILES string of the molecule is CC1SCCN(C2(CN)CN3CCC2CC3)C1C. The van der Waals surface area contributed by atoms with Crippen molar-refractivity contribution in [2.75, 3.05) is 38.5 Å². The summed E-state index contributed by atoms with van der Waals surface area (Å²) in [5.74, 6) is 2.12. The minimum absolute atomic E-state index is 0.283. The predicted molar refractivity (Wildman–Crippen MR) is 79.0 cm³/mol. The first-order valence-electron chi connectivity index (χ1n) is 7.48. The molecule has 3 unspecified atom stereocenters. The van der Waals surface area contributed by atoms with E-state index < -0.39 is 0 Å². The van der Waals surface area contributed by atoms with Crippen LogP contribution in [0.25, 0.3) is 0 Å². The van der Waals surface area contributed by atoms with Crippen molar-refractivity contribution in [3.63, 3.8) is 0 Å². The van der Waals surface area contributed by atoms with Gasteiger partial charge in [-0.1, -0.05) is 6.92 Å². The maximum absolute atomic E-state index is 6.29. The van der Waals surface area contributed by atoms with Crippen LogP contribution in [0.1, 0.15) is 26.7 Å². The standard InChI is InChI=1S/C14H27N3S/c1-11-12(2)18-8-7-17(11)14(9-15)10-16-5-3-13(14)4-6-16/h11-13H,3-10,15H2,1-2H3. The van der Waals surface area contributed by atoms with Gasteiger partial charge in [0, 0.05) is 42.2 Å². The summed E-state index contributed by atoms with van der Waals surface area (Å²) in [4.78, 5) is 5.43. The van der Waals surface area contributed by atoms with Gasteiger partial charge in [-0.2, -0.15) is 11.8 Å². The lowest BCUT2D eigenvalue weighted by Crippen LogP contribution is -2.73. The molecule has 2 bridgehead atoms. The van der Waals surface area contributed by atoms with Crippen molar-refractivity contribution in [3.8, 4) is 0 Å². The van der Waals surface area contributed by atoms with Crippen LogP contribution in [-0.4, -0.2) is 65.1 Å². The lowest BCUT2D eigenvalue weighted by molar-refractivity contribution is -0.0813. The average molecular weight is 269 g/mol. The Hall–Kier alpha value is 0.230. The van der Waals surface area contributed by atoms with Gasteiger partial charge in [-0.3, -0.25) is 4.90 Å². The topological polar surface area (TPSA) is 32.5 Å². The Kier molecular flexibility index (Phi) is 3.65. The predicted octanol–water partition coefficient (Wildman–Crippen LogP) is 1.24. The van der Waals surface area contributed by atoms with Crippen molar-refractivity contribution in [3.05, 3.63) is 0 Å². The fourth-order valence-corrected chi connectivity index (χ4v) is 5.48. The Balaban J connectivity index is 1.86. The summed E-state index contributed by atoms with van der Waals surface area (Å²) >= 11 is 2.13. The molecule has 18 heavy (non-hydrogen) atoms. The highest BCUT2D eigenvalue weighted by atomic mass is 32.2. The van der Waals surface area contributed by atoms with Crippen LogP contribution in [0.2, 0.25) is 0 Å². The number of hydrogen-bond donors (Lipinski definition) is 1. The summed E-state index contributed by atoms with van der Waals surface area (Å²) in [7, 11) is 0. The van der Waals surface area contributed by atoms with E-state index in [1.165, 1.54) is 44.8 Å². The number of fused-ring (bicyclic) bond motifs is 3. The molecule has 0 aromatic rings. The number of thioether (sulfide) groups is 1. The fraction of sp³-hybridized carbons (Fsp3) is 1.00. The summed E-state index contributed by atoms with van der Waals surface area (Å²) in [6.07, 6.45) is 2.73. The van der Waals surface area contributed by atoms with Crippen molar-refractivity contribution < 1.29 is 0 Å². The summed E-state index contributed by atoms with van der Waals surface area (Å²) in [6, 6.07) is 0.674. The largest absolute Gasteiger partial charge is 0.329 e. The third-order valence-corrected chi connectivity index (χ3v) is 6.99. The second kappa shape index (κ2) is 4.97. The molecule has 4 aliphatic rings. The van der Waals surface area contributed by atoms with Gasteiger partial charge in [-0.25, -0.2) is 0 Å². The molecule has 4 aliphatic heterocycles. The molecule has 2 N–H and O–H groups in total. The molecular formula is C14H27N3S. The number of nitrogens with two attached hydrogens (primary N) is 1. The first-order valence-corrected chi connectivity index (χ1v) is 8.53. The van der Waals surface area contributed by atoms with E-state index in [1.807, 2.05) is 0 Å². The minimum atomic E-state index is 0.283. The van der Waals surface area contributed by atoms with Crippen LogP contribution in [-0.2, 0) is 0 Å². The molecule has 4 heteroatoms. The maximum Gasteiger partial charge on any atom is 0.0490 e. The maximum atomic E-state index is 6.29. The minimum Gasteiger partial charge on any atom is -0.329 e. The molecular weight excluding hydrogens is 242 g/mol.